The number of aliphatic hydroxyl groups excluding tert-OH is 1. The maximum absolute atomic E-state index is 11.6. The van der Waals surface area contributed by atoms with E-state index in [0.29, 0.717) is 6.42 Å². The molecule has 4 nitrogen and oxygen atoms in total. The summed E-state index contributed by atoms with van der Waals surface area (Å²) in [6.45, 7) is 1.92. The molecule has 0 fully saturated rings. The van der Waals surface area contributed by atoms with Crippen molar-refractivity contribution in [1.82, 2.24) is 0 Å². The Morgan fingerprint density at radius 3 is 2.71 bits per heavy atom. The van der Waals surface area contributed by atoms with Gasteiger partial charge < -0.3 is 15.5 Å². The third-order valence-corrected chi connectivity index (χ3v) is 2.79. The van der Waals surface area contributed by atoms with Crippen molar-refractivity contribution in [3.63, 3.8) is 0 Å². The van der Waals surface area contributed by atoms with Crippen molar-refractivity contribution in [2.24, 2.45) is 0 Å². The summed E-state index contributed by atoms with van der Waals surface area (Å²) < 4.78 is 0. The van der Waals surface area contributed by atoms with Gasteiger partial charge in [0.2, 0.25) is 0 Å². The molecule has 0 radical (unpaired) electrons. The lowest BCUT2D eigenvalue weighted by molar-refractivity contribution is -0.124. The standard InChI is InChI=1S/C12H16ClNO3/c1-2-5-8(13)11(16)12(17)14-9-6-3-4-7-10(9)15/h3-4,6-8,11,15-16H,2,5H2,1H3,(H,14,17)/t8-,11-/m1/s1. The Balaban J connectivity index is 2.63. The normalized spacial score (nSPS) is 14.1. The van der Waals surface area contributed by atoms with Gasteiger partial charge in [0.1, 0.15) is 11.9 Å². The molecule has 17 heavy (non-hydrogen) atoms. The van der Waals surface area contributed by atoms with Crippen molar-refractivity contribution in [3.8, 4) is 5.75 Å². The van der Waals surface area contributed by atoms with E-state index in [1.807, 2.05) is 6.92 Å². The number of hydrogen-bond acceptors (Lipinski definition) is 3. The van der Waals surface area contributed by atoms with Gasteiger partial charge in [-0.2, -0.15) is 0 Å². The van der Waals surface area contributed by atoms with E-state index in [0.717, 1.165) is 6.42 Å². The Morgan fingerprint density at radius 2 is 2.12 bits per heavy atom. The smallest absolute Gasteiger partial charge is 0.254 e. The summed E-state index contributed by atoms with van der Waals surface area (Å²) in [6.07, 6.45) is 0.0580. The molecule has 0 aliphatic heterocycles. The van der Waals surface area contributed by atoms with Crippen LogP contribution in [0.4, 0.5) is 5.69 Å². The molecule has 1 rings (SSSR count). The minimum absolute atomic E-state index is 0.0466. The molecule has 3 N–H and O–H groups in total. The predicted molar refractivity (Wildman–Crippen MR) is 67.3 cm³/mol. The second kappa shape index (κ2) is 6.47. The summed E-state index contributed by atoms with van der Waals surface area (Å²) >= 11 is 5.86. The summed E-state index contributed by atoms with van der Waals surface area (Å²) in [7, 11) is 0. The molecule has 0 saturated carbocycles. The molecule has 1 aromatic carbocycles. The monoisotopic (exact) mass is 257 g/mol. The SMILES string of the molecule is CCC[C@@H](Cl)[C@@H](O)C(=O)Nc1ccccc1O. The Kier molecular flexibility index (Phi) is 5.25. The third-order valence-electron chi connectivity index (χ3n) is 2.34. The minimum Gasteiger partial charge on any atom is -0.506 e. The van der Waals surface area contributed by atoms with Crippen molar-refractivity contribution < 1.29 is 15.0 Å². The second-order valence-corrected chi connectivity index (χ2v) is 4.32. The van der Waals surface area contributed by atoms with Crippen molar-refractivity contribution in [1.29, 1.82) is 0 Å². The second-order valence-electron chi connectivity index (χ2n) is 3.76. The van der Waals surface area contributed by atoms with E-state index in [1.54, 1.807) is 18.2 Å². The van der Waals surface area contributed by atoms with Gasteiger partial charge in [-0.1, -0.05) is 25.5 Å². The number of rotatable bonds is 5. The van der Waals surface area contributed by atoms with Crippen LogP contribution in [0.15, 0.2) is 24.3 Å². The molecule has 0 saturated heterocycles. The van der Waals surface area contributed by atoms with Crippen molar-refractivity contribution in [3.05, 3.63) is 24.3 Å². The highest BCUT2D eigenvalue weighted by atomic mass is 35.5. The molecule has 0 aromatic heterocycles. The third kappa shape index (κ3) is 3.91. The fourth-order valence-electron chi connectivity index (χ4n) is 1.38. The van der Waals surface area contributed by atoms with Gasteiger partial charge in [-0.05, 0) is 18.6 Å². The van der Waals surface area contributed by atoms with E-state index >= 15 is 0 Å². The summed E-state index contributed by atoms with van der Waals surface area (Å²) in [5.41, 5.74) is 0.261. The molecule has 5 heteroatoms. The average molecular weight is 258 g/mol. The lowest BCUT2D eigenvalue weighted by atomic mass is 10.1. The first-order chi connectivity index (χ1) is 8.06. The maximum atomic E-state index is 11.6. The number of phenolic OH excluding ortho intramolecular Hbond substituents is 1. The fourth-order valence-corrected chi connectivity index (χ4v) is 1.72. The molecule has 94 valence electrons. The van der Waals surface area contributed by atoms with Gasteiger partial charge in [0, 0.05) is 0 Å². The van der Waals surface area contributed by atoms with Crippen LogP contribution in [0.25, 0.3) is 0 Å². The van der Waals surface area contributed by atoms with Gasteiger partial charge in [0.25, 0.3) is 5.91 Å². The van der Waals surface area contributed by atoms with E-state index in [-0.39, 0.29) is 11.4 Å². The average Bonchev–Trinajstić information content (AvgIpc) is 2.31. The maximum Gasteiger partial charge on any atom is 0.254 e. The Bertz CT molecular complexity index is 384. The van der Waals surface area contributed by atoms with E-state index < -0.39 is 17.4 Å². The van der Waals surface area contributed by atoms with Crippen LogP contribution in [0.2, 0.25) is 0 Å². The zero-order chi connectivity index (χ0) is 12.8. The number of alkyl halides is 1. The number of aromatic hydroxyl groups is 1. The largest absolute Gasteiger partial charge is 0.506 e. The number of phenols is 1. The van der Waals surface area contributed by atoms with Crippen LogP contribution in [0, 0.1) is 0 Å². The van der Waals surface area contributed by atoms with Gasteiger partial charge in [-0.3, -0.25) is 4.79 Å². The van der Waals surface area contributed by atoms with Crippen LogP contribution in [-0.4, -0.2) is 27.6 Å². The molecule has 0 heterocycles. The van der Waals surface area contributed by atoms with E-state index in [9.17, 15) is 15.0 Å². The number of benzene rings is 1. The Morgan fingerprint density at radius 1 is 1.47 bits per heavy atom. The van der Waals surface area contributed by atoms with Crippen molar-refractivity contribution in [2.45, 2.75) is 31.2 Å². The number of carbonyl (C=O) groups excluding carboxylic acids is 1. The highest BCUT2D eigenvalue weighted by Crippen LogP contribution is 2.22. The first-order valence-electron chi connectivity index (χ1n) is 5.47. The summed E-state index contributed by atoms with van der Waals surface area (Å²) in [5, 5.41) is 20.9. The van der Waals surface area contributed by atoms with Gasteiger partial charge in [-0.15, -0.1) is 11.6 Å². The van der Waals surface area contributed by atoms with Crippen LogP contribution in [0.3, 0.4) is 0 Å². The van der Waals surface area contributed by atoms with Crippen LogP contribution < -0.4 is 5.32 Å². The molecular weight excluding hydrogens is 242 g/mol. The zero-order valence-corrected chi connectivity index (χ0v) is 10.3. The molecule has 2 atom stereocenters. The van der Waals surface area contributed by atoms with Crippen molar-refractivity contribution >= 4 is 23.2 Å². The van der Waals surface area contributed by atoms with E-state index in [4.69, 9.17) is 11.6 Å². The molecule has 0 unspecified atom stereocenters. The van der Waals surface area contributed by atoms with Crippen molar-refractivity contribution in [2.75, 3.05) is 5.32 Å². The number of amides is 1. The fraction of sp³-hybridized carbons (Fsp3) is 0.417. The molecule has 0 bridgehead atoms. The van der Waals surface area contributed by atoms with Crippen LogP contribution in [-0.2, 0) is 4.79 Å². The van der Waals surface area contributed by atoms with Gasteiger partial charge >= 0.3 is 0 Å². The number of aliphatic hydroxyl groups is 1. The minimum atomic E-state index is -1.28. The number of nitrogens with one attached hydrogen (secondary N) is 1. The zero-order valence-electron chi connectivity index (χ0n) is 9.56. The number of anilines is 1. The molecular formula is C12H16ClNO3. The summed E-state index contributed by atoms with van der Waals surface area (Å²) in [4.78, 5) is 11.6. The van der Waals surface area contributed by atoms with Gasteiger partial charge in [0.05, 0.1) is 11.1 Å². The Hall–Kier alpha value is -1.26. The topological polar surface area (TPSA) is 69.6 Å². The van der Waals surface area contributed by atoms with Crippen LogP contribution >= 0.6 is 11.6 Å². The molecule has 0 aliphatic carbocycles. The molecule has 1 aromatic rings. The first kappa shape index (κ1) is 13.8. The lowest BCUT2D eigenvalue weighted by Gasteiger charge is -2.16. The number of carbonyl (C=O) groups is 1. The predicted octanol–water partition coefficient (Wildman–Crippen LogP) is 2.10. The quantitative estimate of drug-likeness (QED) is 0.559. The highest BCUT2D eigenvalue weighted by molar-refractivity contribution is 6.23. The molecule has 0 spiro atoms. The Labute approximate surface area is 105 Å². The van der Waals surface area contributed by atoms with E-state index in [1.165, 1.54) is 6.07 Å². The van der Waals surface area contributed by atoms with Gasteiger partial charge in [-0.25, -0.2) is 0 Å². The number of halogens is 1. The summed E-state index contributed by atoms with van der Waals surface area (Å²) in [5.74, 6) is -0.658. The first-order valence-corrected chi connectivity index (χ1v) is 5.91. The lowest BCUT2D eigenvalue weighted by Crippen LogP contribution is -2.35. The van der Waals surface area contributed by atoms with Gasteiger partial charge in [0.15, 0.2) is 0 Å². The highest BCUT2D eigenvalue weighted by Gasteiger charge is 2.24. The van der Waals surface area contributed by atoms with E-state index in [2.05, 4.69) is 5.32 Å². The van der Waals surface area contributed by atoms with Crippen LogP contribution in [0.5, 0.6) is 5.75 Å². The molecule has 0 aliphatic rings. The molecule has 1 amide bonds. The summed E-state index contributed by atoms with van der Waals surface area (Å²) in [6, 6.07) is 6.31. The number of para-hydroxylation sites is 2. The number of hydrogen-bond donors (Lipinski definition) is 3. The van der Waals surface area contributed by atoms with Crippen LogP contribution in [0.1, 0.15) is 19.8 Å².